The highest BCUT2D eigenvalue weighted by Gasteiger charge is 2.80. The van der Waals surface area contributed by atoms with Crippen LogP contribution >= 0.6 is 0 Å². The molecule has 14 heavy (non-hydrogen) atoms. The lowest BCUT2D eigenvalue weighted by Gasteiger charge is -2.50. The van der Waals surface area contributed by atoms with Crippen LogP contribution in [0.25, 0.3) is 0 Å². The van der Waals surface area contributed by atoms with Crippen LogP contribution in [0.15, 0.2) is 12.2 Å². The summed E-state index contributed by atoms with van der Waals surface area (Å²) in [6, 6.07) is 0. The second kappa shape index (κ2) is 1.54. The fourth-order valence-electron chi connectivity index (χ4n) is 5.43. The van der Waals surface area contributed by atoms with Gasteiger partial charge in [0.05, 0.1) is 0 Å². The number of rotatable bonds is 0. The summed E-state index contributed by atoms with van der Waals surface area (Å²) in [4.78, 5) is 24.0. The number of hydrogen-bond acceptors (Lipinski definition) is 2. The highest BCUT2D eigenvalue weighted by Crippen LogP contribution is 2.75. The van der Waals surface area contributed by atoms with Crippen molar-refractivity contribution in [3.8, 4) is 0 Å². The summed E-state index contributed by atoms with van der Waals surface area (Å²) in [5.74, 6) is 3.50. The predicted octanol–water partition coefficient (Wildman–Crippen LogP) is 0.678. The van der Waals surface area contributed by atoms with Gasteiger partial charge >= 0.3 is 0 Å². The third-order valence-electron chi connectivity index (χ3n) is 5.64. The number of hydrogen-bond donors (Lipinski definition) is 0. The van der Waals surface area contributed by atoms with Crippen molar-refractivity contribution in [2.75, 3.05) is 0 Å². The molecule has 0 unspecified atom stereocenters. The number of ketones is 2. The molecule has 0 N–H and O–H groups in total. The molecule has 0 aromatic carbocycles. The lowest BCUT2D eigenvalue weighted by Crippen LogP contribution is -2.50. The van der Waals surface area contributed by atoms with Gasteiger partial charge in [-0.1, -0.05) is 12.2 Å². The molecule has 4 rings (SSSR count). The molecule has 0 bridgehead atoms. The molecule has 8 atom stereocenters. The number of carbonyl (C=O) groups is 2. The molecule has 3 fully saturated rings. The molecule has 0 heterocycles. The Hall–Kier alpha value is -0.920. The van der Waals surface area contributed by atoms with Gasteiger partial charge in [0.25, 0.3) is 0 Å². The molecular formula is C12H10O2. The third-order valence-corrected chi connectivity index (χ3v) is 5.64. The Morgan fingerprint density at radius 3 is 1.57 bits per heavy atom. The summed E-state index contributed by atoms with van der Waals surface area (Å²) in [6.07, 6.45) is 4.47. The van der Waals surface area contributed by atoms with Gasteiger partial charge in [-0.25, -0.2) is 0 Å². The predicted molar refractivity (Wildman–Crippen MR) is 47.1 cm³/mol. The first kappa shape index (κ1) is 6.54. The zero-order valence-electron chi connectivity index (χ0n) is 7.59. The third kappa shape index (κ3) is 0.358. The van der Waals surface area contributed by atoms with Crippen LogP contribution in [0.3, 0.4) is 0 Å². The molecule has 0 aromatic heterocycles. The average molecular weight is 186 g/mol. The summed E-state index contributed by atoms with van der Waals surface area (Å²) in [7, 11) is 0. The van der Waals surface area contributed by atoms with E-state index in [0.29, 0.717) is 35.2 Å². The van der Waals surface area contributed by atoms with E-state index in [-0.39, 0.29) is 23.7 Å². The zero-order chi connectivity index (χ0) is 9.19. The van der Waals surface area contributed by atoms with Crippen molar-refractivity contribution in [1.29, 1.82) is 0 Å². The largest absolute Gasteiger partial charge is 0.299 e. The van der Waals surface area contributed by atoms with Gasteiger partial charge in [-0.05, 0) is 23.7 Å². The second-order valence-electron chi connectivity index (χ2n) is 5.60. The molecular weight excluding hydrogens is 176 g/mol. The van der Waals surface area contributed by atoms with Crippen LogP contribution in [0.5, 0.6) is 0 Å². The first-order valence-electron chi connectivity index (χ1n) is 5.56. The topological polar surface area (TPSA) is 34.1 Å². The van der Waals surface area contributed by atoms with Gasteiger partial charge < -0.3 is 0 Å². The van der Waals surface area contributed by atoms with Gasteiger partial charge in [-0.3, -0.25) is 9.59 Å². The molecule has 4 aliphatic carbocycles. The van der Waals surface area contributed by atoms with E-state index in [9.17, 15) is 9.59 Å². The Morgan fingerprint density at radius 1 is 0.714 bits per heavy atom. The SMILES string of the molecule is O=C1[C@@H]2[C@H]3C=C[C@H]4[C@H]2C(=O)[C@H]2[C@@H]1[C@@H]3[C@H]42. The first-order chi connectivity index (χ1) is 6.80. The minimum Gasteiger partial charge on any atom is -0.299 e. The van der Waals surface area contributed by atoms with Crippen LogP contribution in [0.1, 0.15) is 0 Å². The molecule has 70 valence electrons. The van der Waals surface area contributed by atoms with Gasteiger partial charge in [-0.15, -0.1) is 0 Å². The average Bonchev–Trinajstić information content (AvgIpc) is 2.40. The van der Waals surface area contributed by atoms with Gasteiger partial charge in [0, 0.05) is 23.7 Å². The van der Waals surface area contributed by atoms with E-state index >= 15 is 0 Å². The van der Waals surface area contributed by atoms with E-state index < -0.39 is 0 Å². The molecule has 0 saturated heterocycles. The summed E-state index contributed by atoms with van der Waals surface area (Å²) in [6.45, 7) is 0. The number of allylic oxidation sites excluding steroid dienone is 2. The van der Waals surface area contributed by atoms with Gasteiger partial charge in [0.2, 0.25) is 0 Å². The lowest BCUT2D eigenvalue weighted by atomic mass is 9.52. The van der Waals surface area contributed by atoms with Crippen LogP contribution in [0.2, 0.25) is 0 Å². The highest BCUT2D eigenvalue weighted by molar-refractivity contribution is 6.06. The molecule has 2 nitrogen and oxygen atoms in total. The van der Waals surface area contributed by atoms with Gasteiger partial charge in [0.1, 0.15) is 11.6 Å². The molecule has 0 amide bonds. The van der Waals surface area contributed by atoms with Crippen LogP contribution < -0.4 is 0 Å². The van der Waals surface area contributed by atoms with Gasteiger partial charge in [0.15, 0.2) is 0 Å². The number of carbonyl (C=O) groups excluding carboxylic acids is 2. The zero-order valence-corrected chi connectivity index (χ0v) is 7.59. The molecule has 0 aliphatic heterocycles. The van der Waals surface area contributed by atoms with Crippen LogP contribution in [0.4, 0.5) is 0 Å². The van der Waals surface area contributed by atoms with E-state index in [1.54, 1.807) is 0 Å². The maximum atomic E-state index is 12.0. The number of Topliss-reactive ketones (excluding diaryl/α,β-unsaturated/α-hetero) is 2. The molecule has 0 radical (unpaired) electrons. The van der Waals surface area contributed by atoms with E-state index in [1.807, 2.05) is 0 Å². The van der Waals surface area contributed by atoms with Crippen molar-refractivity contribution in [2.45, 2.75) is 0 Å². The van der Waals surface area contributed by atoms with Crippen molar-refractivity contribution in [3.05, 3.63) is 12.2 Å². The van der Waals surface area contributed by atoms with E-state index in [1.165, 1.54) is 0 Å². The van der Waals surface area contributed by atoms with E-state index in [2.05, 4.69) is 12.2 Å². The monoisotopic (exact) mass is 186 g/mol. The van der Waals surface area contributed by atoms with Crippen LogP contribution in [-0.2, 0) is 9.59 Å². The van der Waals surface area contributed by atoms with Crippen molar-refractivity contribution >= 4 is 11.6 Å². The lowest BCUT2D eigenvalue weighted by molar-refractivity contribution is -0.145. The summed E-state index contributed by atoms with van der Waals surface area (Å²) in [5, 5.41) is 0. The van der Waals surface area contributed by atoms with Crippen LogP contribution in [0, 0.1) is 47.3 Å². The Balaban J connectivity index is 1.91. The highest BCUT2D eigenvalue weighted by atomic mass is 16.1. The van der Waals surface area contributed by atoms with Crippen molar-refractivity contribution in [2.24, 2.45) is 47.3 Å². The molecule has 2 heteroatoms. The smallest absolute Gasteiger partial charge is 0.141 e. The Bertz CT molecular complexity index is 396. The molecule has 0 aromatic rings. The number of fused-ring (bicyclic) bond motifs is 9. The van der Waals surface area contributed by atoms with Gasteiger partial charge in [-0.2, -0.15) is 0 Å². The van der Waals surface area contributed by atoms with E-state index in [0.717, 1.165) is 0 Å². The normalized spacial score (nSPS) is 69.4. The summed E-state index contributed by atoms with van der Waals surface area (Å²) >= 11 is 0. The minimum absolute atomic E-state index is 0.113. The van der Waals surface area contributed by atoms with Crippen molar-refractivity contribution < 1.29 is 9.59 Å². The first-order valence-corrected chi connectivity index (χ1v) is 5.56. The standard InChI is InChI=1S/C12H10O2/c13-11-7-3-1-2-4-6-5(3)9(11)10(6)12(14)8(4)7/h1-10H/t3-,4+,5-,6-,7+,8+,9-,10+/m0/s1. The molecule has 3 saturated carbocycles. The fraction of sp³-hybridized carbons (Fsp3) is 0.667. The Morgan fingerprint density at radius 2 is 1.14 bits per heavy atom. The summed E-state index contributed by atoms with van der Waals surface area (Å²) in [5.41, 5.74) is 0. The second-order valence-corrected chi connectivity index (χ2v) is 5.60. The maximum absolute atomic E-state index is 12.0. The summed E-state index contributed by atoms with van der Waals surface area (Å²) < 4.78 is 0. The Labute approximate surface area is 81.4 Å². The molecule has 4 aliphatic rings. The van der Waals surface area contributed by atoms with E-state index in [4.69, 9.17) is 0 Å². The quantitative estimate of drug-likeness (QED) is 0.412. The minimum atomic E-state index is 0.113. The maximum Gasteiger partial charge on any atom is 0.141 e. The van der Waals surface area contributed by atoms with Crippen molar-refractivity contribution in [1.82, 2.24) is 0 Å². The Kier molecular flexibility index (Phi) is 0.718. The fourth-order valence-corrected chi connectivity index (χ4v) is 5.43. The van der Waals surface area contributed by atoms with Crippen LogP contribution in [-0.4, -0.2) is 11.6 Å². The van der Waals surface area contributed by atoms with Crippen molar-refractivity contribution in [3.63, 3.8) is 0 Å². The molecule has 0 spiro atoms.